The molecule has 0 atom stereocenters. The normalized spacial score (nSPS) is 11.9. The van der Waals surface area contributed by atoms with Gasteiger partial charge in [-0.15, -0.1) is 0 Å². The van der Waals surface area contributed by atoms with Crippen LogP contribution in [0.3, 0.4) is 0 Å². The number of nitrogens with one attached hydrogen (secondary N) is 1. The van der Waals surface area contributed by atoms with Crippen molar-refractivity contribution in [2.45, 2.75) is 18.0 Å². The number of sulfonamides is 1. The number of aryl methyl sites for hydroxylation is 1. The largest absolute Gasteiger partial charge is 0.454 e. The molecule has 29 heavy (non-hydrogen) atoms. The quantitative estimate of drug-likeness (QED) is 0.578. The Hall–Kier alpha value is -3.13. The Labute approximate surface area is 166 Å². The number of ketones is 1. The van der Waals surface area contributed by atoms with Gasteiger partial charge in [0.1, 0.15) is 0 Å². The topological polar surface area (TPSA) is 63.2 Å². The van der Waals surface area contributed by atoms with E-state index in [4.69, 9.17) is 0 Å². The second-order valence-electron chi connectivity index (χ2n) is 6.37. The number of alkyl halides is 3. The highest BCUT2D eigenvalue weighted by atomic mass is 32.2. The fourth-order valence-electron chi connectivity index (χ4n) is 2.72. The van der Waals surface area contributed by atoms with Crippen LogP contribution in [-0.4, -0.2) is 20.4 Å². The number of carbonyl (C=O) groups is 1. The van der Waals surface area contributed by atoms with Gasteiger partial charge in [-0.05, 0) is 42.8 Å². The first kappa shape index (κ1) is 20.6. The summed E-state index contributed by atoms with van der Waals surface area (Å²) in [5.41, 5.74) is 0.997. The first-order valence-corrected chi connectivity index (χ1v) is 9.97. The lowest BCUT2D eigenvalue weighted by atomic mass is 9.99. The molecule has 0 heterocycles. The third-order valence-corrected chi connectivity index (χ3v) is 5.58. The van der Waals surface area contributed by atoms with Crippen LogP contribution in [-0.2, 0) is 10.0 Å². The molecule has 3 aromatic carbocycles. The van der Waals surface area contributed by atoms with E-state index < -0.39 is 27.5 Å². The first-order valence-electron chi connectivity index (χ1n) is 8.48. The zero-order valence-corrected chi connectivity index (χ0v) is 16.0. The average molecular weight is 419 g/mol. The van der Waals surface area contributed by atoms with Crippen molar-refractivity contribution < 1.29 is 26.4 Å². The lowest BCUT2D eigenvalue weighted by Gasteiger charge is -2.15. The van der Waals surface area contributed by atoms with Gasteiger partial charge < -0.3 is 0 Å². The number of anilines is 1. The Bertz CT molecular complexity index is 1140. The predicted molar refractivity (Wildman–Crippen MR) is 104 cm³/mol. The summed E-state index contributed by atoms with van der Waals surface area (Å²) in [5, 5.41) is 0. The fraction of sp³-hybridized carbons (Fsp3) is 0.0952. The Morgan fingerprint density at radius 1 is 0.897 bits per heavy atom. The van der Waals surface area contributed by atoms with E-state index in [-0.39, 0.29) is 16.1 Å². The Morgan fingerprint density at radius 3 is 2.10 bits per heavy atom. The number of Topliss-reactive ketones (excluding diaryl/α,β-unsaturated/α-hetero) is 1. The molecule has 0 saturated heterocycles. The standard InChI is InChI=1S/C21H16F3NO3S/c1-14-7-10-17(11-8-14)29(27,28)25-19-12-9-16(20(26)21(22,23)24)13-18(19)15-5-3-2-4-6-15/h2-13,25H,1H3. The number of rotatable bonds is 5. The van der Waals surface area contributed by atoms with Gasteiger partial charge in [-0.3, -0.25) is 9.52 Å². The van der Waals surface area contributed by atoms with E-state index in [9.17, 15) is 26.4 Å². The van der Waals surface area contributed by atoms with Gasteiger partial charge in [-0.2, -0.15) is 13.2 Å². The Morgan fingerprint density at radius 2 is 1.52 bits per heavy atom. The van der Waals surface area contributed by atoms with Crippen LogP contribution in [0.2, 0.25) is 0 Å². The van der Waals surface area contributed by atoms with Crippen molar-refractivity contribution >= 4 is 21.5 Å². The van der Waals surface area contributed by atoms with Crippen LogP contribution in [0.25, 0.3) is 11.1 Å². The van der Waals surface area contributed by atoms with Gasteiger partial charge in [-0.25, -0.2) is 8.42 Å². The minimum Gasteiger partial charge on any atom is -0.284 e. The smallest absolute Gasteiger partial charge is 0.284 e. The summed E-state index contributed by atoms with van der Waals surface area (Å²) in [6, 6.07) is 17.5. The molecule has 0 saturated carbocycles. The average Bonchev–Trinajstić information content (AvgIpc) is 2.68. The molecule has 0 amide bonds. The third kappa shape index (κ3) is 4.65. The summed E-state index contributed by atoms with van der Waals surface area (Å²) in [5.74, 6) is -2.00. The fourth-order valence-corrected chi connectivity index (χ4v) is 3.80. The maximum Gasteiger partial charge on any atom is 0.454 e. The highest BCUT2D eigenvalue weighted by Crippen LogP contribution is 2.33. The van der Waals surface area contributed by atoms with Crippen LogP contribution in [0.1, 0.15) is 15.9 Å². The second-order valence-corrected chi connectivity index (χ2v) is 8.05. The first-order chi connectivity index (χ1) is 13.6. The molecule has 0 bridgehead atoms. The minimum atomic E-state index is -5.03. The van der Waals surface area contributed by atoms with E-state index in [0.717, 1.165) is 23.8 Å². The molecule has 3 rings (SSSR count). The second kappa shape index (κ2) is 7.71. The van der Waals surface area contributed by atoms with Gasteiger partial charge >= 0.3 is 6.18 Å². The van der Waals surface area contributed by atoms with E-state index in [2.05, 4.69) is 4.72 Å². The SMILES string of the molecule is Cc1ccc(S(=O)(=O)Nc2ccc(C(=O)C(F)(F)F)cc2-c2ccccc2)cc1. The summed E-state index contributed by atoms with van der Waals surface area (Å²) in [6.45, 7) is 1.81. The summed E-state index contributed by atoms with van der Waals surface area (Å²) < 4.78 is 66.3. The Balaban J connectivity index is 2.08. The third-order valence-electron chi connectivity index (χ3n) is 4.20. The van der Waals surface area contributed by atoms with Crippen molar-refractivity contribution in [3.63, 3.8) is 0 Å². The zero-order valence-electron chi connectivity index (χ0n) is 15.2. The maximum atomic E-state index is 12.8. The molecular weight excluding hydrogens is 403 g/mol. The van der Waals surface area contributed by atoms with Gasteiger partial charge in [0.25, 0.3) is 15.8 Å². The molecule has 0 radical (unpaired) electrons. The number of hydrogen-bond donors (Lipinski definition) is 1. The van der Waals surface area contributed by atoms with Crippen molar-refractivity contribution in [2.75, 3.05) is 4.72 Å². The zero-order chi connectivity index (χ0) is 21.2. The summed E-state index contributed by atoms with van der Waals surface area (Å²) in [7, 11) is -3.98. The molecule has 0 aromatic heterocycles. The summed E-state index contributed by atoms with van der Waals surface area (Å²) in [6.07, 6.45) is -5.03. The van der Waals surface area contributed by atoms with Crippen LogP contribution in [0.15, 0.2) is 77.7 Å². The van der Waals surface area contributed by atoms with Gasteiger partial charge in [0, 0.05) is 11.1 Å². The van der Waals surface area contributed by atoms with Crippen LogP contribution in [0.5, 0.6) is 0 Å². The molecule has 4 nitrogen and oxygen atoms in total. The number of hydrogen-bond acceptors (Lipinski definition) is 3. The van der Waals surface area contributed by atoms with Crippen LogP contribution >= 0.6 is 0 Å². The predicted octanol–water partition coefficient (Wildman–Crippen LogP) is 5.21. The van der Waals surface area contributed by atoms with Crippen molar-refractivity contribution in [1.29, 1.82) is 0 Å². The van der Waals surface area contributed by atoms with Gasteiger partial charge in [0.15, 0.2) is 0 Å². The molecule has 1 N–H and O–H groups in total. The van der Waals surface area contributed by atoms with E-state index in [0.29, 0.717) is 5.56 Å². The van der Waals surface area contributed by atoms with E-state index in [1.54, 1.807) is 42.5 Å². The van der Waals surface area contributed by atoms with Gasteiger partial charge in [0.2, 0.25) is 0 Å². The van der Waals surface area contributed by atoms with Crippen LogP contribution < -0.4 is 4.72 Å². The highest BCUT2D eigenvalue weighted by molar-refractivity contribution is 7.92. The van der Waals surface area contributed by atoms with Gasteiger partial charge in [0.05, 0.1) is 10.6 Å². The van der Waals surface area contributed by atoms with Crippen LogP contribution in [0.4, 0.5) is 18.9 Å². The maximum absolute atomic E-state index is 12.8. The number of halogens is 3. The van der Waals surface area contributed by atoms with Crippen LogP contribution in [0, 0.1) is 6.92 Å². The molecule has 0 fully saturated rings. The summed E-state index contributed by atoms with van der Waals surface area (Å²) in [4.78, 5) is 11.6. The van der Waals surface area contributed by atoms with E-state index >= 15 is 0 Å². The van der Waals surface area contributed by atoms with Crippen molar-refractivity contribution in [1.82, 2.24) is 0 Å². The molecule has 150 valence electrons. The lowest BCUT2D eigenvalue weighted by molar-refractivity contribution is -0.0885. The Kier molecular flexibility index (Phi) is 5.48. The molecule has 0 aliphatic rings. The van der Waals surface area contributed by atoms with Crippen molar-refractivity contribution in [2.24, 2.45) is 0 Å². The molecule has 0 aliphatic heterocycles. The van der Waals surface area contributed by atoms with Crippen molar-refractivity contribution in [3.8, 4) is 11.1 Å². The molecule has 0 spiro atoms. The molecular formula is C21H16F3NO3S. The lowest BCUT2D eigenvalue weighted by Crippen LogP contribution is -2.23. The molecule has 0 unspecified atom stereocenters. The molecule has 3 aromatic rings. The van der Waals surface area contributed by atoms with Crippen molar-refractivity contribution in [3.05, 3.63) is 83.9 Å². The molecule has 0 aliphatic carbocycles. The highest BCUT2D eigenvalue weighted by Gasteiger charge is 2.39. The molecule has 8 heteroatoms. The van der Waals surface area contributed by atoms with Gasteiger partial charge in [-0.1, -0.05) is 48.0 Å². The number of carbonyl (C=O) groups excluding carboxylic acids is 1. The van der Waals surface area contributed by atoms with E-state index in [1.807, 2.05) is 6.92 Å². The summed E-state index contributed by atoms with van der Waals surface area (Å²) >= 11 is 0. The van der Waals surface area contributed by atoms with E-state index in [1.165, 1.54) is 12.1 Å². The number of benzene rings is 3. The minimum absolute atomic E-state index is 0.0116. The monoisotopic (exact) mass is 419 g/mol.